The van der Waals surface area contributed by atoms with Crippen molar-refractivity contribution in [2.75, 3.05) is 20.3 Å². The maximum atomic E-state index is 10.8. The van der Waals surface area contributed by atoms with E-state index in [-0.39, 0.29) is 19.0 Å². The molecule has 1 rings (SSSR count). The van der Waals surface area contributed by atoms with E-state index < -0.39 is 5.91 Å². The topological polar surface area (TPSA) is 73.6 Å². The van der Waals surface area contributed by atoms with Crippen LogP contribution in [0.25, 0.3) is 0 Å². The minimum atomic E-state index is -0.525. The van der Waals surface area contributed by atoms with Gasteiger partial charge in [-0.25, -0.2) is 0 Å². The van der Waals surface area contributed by atoms with Crippen LogP contribution in [-0.2, 0) is 11.3 Å². The number of primary amides is 1. The number of hydrogen-bond donors (Lipinski definition) is 2. The van der Waals surface area contributed by atoms with Crippen molar-refractivity contribution >= 4 is 34.2 Å². The third kappa shape index (κ3) is 5.98. The first-order chi connectivity index (χ1) is 9.08. The summed E-state index contributed by atoms with van der Waals surface area (Å²) in [5.41, 5.74) is 6.14. The highest BCUT2D eigenvalue weighted by Gasteiger charge is 2.12. The lowest BCUT2D eigenvalue weighted by Gasteiger charge is -2.13. The summed E-state index contributed by atoms with van der Waals surface area (Å²) in [4.78, 5) is 10.8. The van der Waals surface area contributed by atoms with Crippen LogP contribution in [0.3, 0.4) is 0 Å². The lowest BCUT2D eigenvalue weighted by Crippen LogP contribution is -2.20. The lowest BCUT2D eigenvalue weighted by atomic mass is 10.2. The Kier molecular flexibility index (Phi) is 9.37. The molecule has 3 N–H and O–H groups in total. The van der Waals surface area contributed by atoms with Crippen LogP contribution in [0.5, 0.6) is 11.5 Å². The molecule has 1 aromatic carbocycles. The number of halogens is 2. The molecule has 7 heteroatoms. The normalized spacial score (nSPS) is 9.75. The highest BCUT2D eigenvalue weighted by Crippen LogP contribution is 2.36. The SMILES string of the molecule is CCCNCc1cc(Br)c(OCC(N)=O)c(OC)c1.Cl. The fraction of sp³-hybridized carbons (Fsp3) is 0.462. The Morgan fingerprint density at radius 3 is 2.70 bits per heavy atom. The predicted molar refractivity (Wildman–Crippen MR) is 84.6 cm³/mol. The monoisotopic (exact) mass is 366 g/mol. The minimum absolute atomic E-state index is 0. The number of carbonyl (C=O) groups is 1. The van der Waals surface area contributed by atoms with Crippen LogP contribution in [-0.4, -0.2) is 26.2 Å². The Morgan fingerprint density at radius 1 is 1.45 bits per heavy atom. The van der Waals surface area contributed by atoms with Gasteiger partial charge in [0.1, 0.15) is 0 Å². The van der Waals surface area contributed by atoms with Gasteiger partial charge in [-0.1, -0.05) is 6.92 Å². The number of ether oxygens (including phenoxy) is 2. The average Bonchev–Trinajstić information content (AvgIpc) is 2.37. The average molecular weight is 368 g/mol. The maximum Gasteiger partial charge on any atom is 0.255 e. The Balaban J connectivity index is 0.00000361. The van der Waals surface area contributed by atoms with Crippen molar-refractivity contribution in [3.8, 4) is 11.5 Å². The Morgan fingerprint density at radius 2 is 2.15 bits per heavy atom. The van der Waals surface area contributed by atoms with E-state index in [2.05, 4.69) is 28.2 Å². The van der Waals surface area contributed by atoms with Crippen LogP contribution in [0.2, 0.25) is 0 Å². The molecule has 0 saturated heterocycles. The zero-order valence-electron chi connectivity index (χ0n) is 11.6. The number of methoxy groups -OCH3 is 1. The van der Waals surface area contributed by atoms with Gasteiger partial charge >= 0.3 is 0 Å². The van der Waals surface area contributed by atoms with E-state index in [1.54, 1.807) is 7.11 Å². The van der Waals surface area contributed by atoms with Crippen LogP contribution >= 0.6 is 28.3 Å². The van der Waals surface area contributed by atoms with Crippen molar-refractivity contribution in [3.05, 3.63) is 22.2 Å². The first-order valence-electron chi connectivity index (χ1n) is 6.06. The molecule has 0 aliphatic heterocycles. The molecule has 0 bridgehead atoms. The van der Waals surface area contributed by atoms with Crippen molar-refractivity contribution < 1.29 is 14.3 Å². The fourth-order valence-electron chi connectivity index (χ4n) is 1.57. The molecular formula is C13H20BrClN2O3. The number of carbonyl (C=O) groups excluding carboxylic acids is 1. The van der Waals surface area contributed by atoms with E-state index in [0.717, 1.165) is 29.5 Å². The van der Waals surface area contributed by atoms with Crippen molar-refractivity contribution in [1.82, 2.24) is 5.32 Å². The number of nitrogens with one attached hydrogen (secondary N) is 1. The highest BCUT2D eigenvalue weighted by atomic mass is 79.9. The summed E-state index contributed by atoms with van der Waals surface area (Å²) in [6, 6.07) is 3.81. The van der Waals surface area contributed by atoms with Crippen LogP contribution in [0.15, 0.2) is 16.6 Å². The minimum Gasteiger partial charge on any atom is -0.493 e. The standard InChI is InChI=1S/C13H19BrN2O3.ClH/c1-3-4-16-7-9-5-10(14)13(11(6-9)18-2)19-8-12(15)17;/h5-6,16H,3-4,7-8H2,1-2H3,(H2,15,17);1H. The van der Waals surface area contributed by atoms with E-state index in [1.807, 2.05) is 12.1 Å². The van der Waals surface area contributed by atoms with Gasteiger partial charge in [0.2, 0.25) is 0 Å². The molecule has 0 heterocycles. The highest BCUT2D eigenvalue weighted by molar-refractivity contribution is 9.10. The molecule has 20 heavy (non-hydrogen) atoms. The van der Waals surface area contributed by atoms with Crippen LogP contribution in [0.4, 0.5) is 0 Å². The van der Waals surface area contributed by atoms with Gasteiger partial charge in [0.25, 0.3) is 5.91 Å². The summed E-state index contributed by atoms with van der Waals surface area (Å²) < 4.78 is 11.3. The molecule has 114 valence electrons. The molecule has 0 spiro atoms. The van der Waals surface area contributed by atoms with Crippen molar-refractivity contribution in [3.63, 3.8) is 0 Å². The summed E-state index contributed by atoms with van der Waals surface area (Å²) in [7, 11) is 1.56. The summed E-state index contributed by atoms with van der Waals surface area (Å²) in [6.07, 6.45) is 1.08. The molecule has 0 saturated carbocycles. The number of hydrogen-bond acceptors (Lipinski definition) is 4. The largest absolute Gasteiger partial charge is 0.493 e. The van der Waals surface area contributed by atoms with Crippen LogP contribution in [0, 0.1) is 0 Å². The second kappa shape index (κ2) is 9.85. The molecule has 0 aliphatic carbocycles. The van der Waals surface area contributed by atoms with Gasteiger partial charge in [0.05, 0.1) is 11.6 Å². The molecule has 0 aliphatic rings. The molecule has 0 radical (unpaired) electrons. The van der Waals surface area contributed by atoms with Gasteiger partial charge in [-0.15, -0.1) is 12.4 Å². The van der Waals surface area contributed by atoms with Gasteiger partial charge in [0.15, 0.2) is 18.1 Å². The number of nitrogens with two attached hydrogens (primary N) is 1. The number of rotatable bonds is 8. The smallest absolute Gasteiger partial charge is 0.255 e. The van der Waals surface area contributed by atoms with E-state index in [1.165, 1.54) is 0 Å². The van der Waals surface area contributed by atoms with E-state index in [0.29, 0.717) is 11.5 Å². The molecule has 0 aromatic heterocycles. The summed E-state index contributed by atoms with van der Waals surface area (Å²) >= 11 is 3.41. The van der Waals surface area contributed by atoms with Gasteiger partial charge < -0.3 is 20.5 Å². The molecule has 0 fully saturated rings. The van der Waals surface area contributed by atoms with E-state index in [9.17, 15) is 4.79 Å². The number of amides is 1. The van der Waals surface area contributed by atoms with E-state index >= 15 is 0 Å². The second-order valence-electron chi connectivity index (χ2n) is 4.04. The predicted octanol–water partition coefficient (Wildman–Crippen LogP) is 2.24. The lowest BCUT2D eigenvalue weighted by molar-refractivity contribution is -0.119. The first-order valence-corrected chi connectivity index (χ1v) is 6.86. The fourth-order valence-corrected chi connectivity index (χ4v) is 2.17. The van der Waals surface area contributed by atoms with Gasteiger partial charge in [-0.3, -0.25) is 4.79 Å². The summed E-state index contributed by atoms with van der Waals surface area (Å²) in [5.74, 6) is 0.534. The number of benzene rings is 1. The molecule has 0 atom stereocenters. The molecule has 5 nitrogen and oxygen atoms in total. The summed E-state index contributed by atoms with van der Waals surface area (Å²) in [6.45, 7) is 3.64. The first kappa shape index (κ1) is 19.0. The van der Waals surface area contributed by atoms with Crippen molar-refractivity contribution in [2.45, 2.75) is 19.9 Å². The van der Waals surface area contributed by atoms with Gasteiger partial charge in [-0.05, 0) is 46.6 Å². The van der Waals surface area contributed by atoms with Crippen molar-refractivity contribution in [1.29, 1.82) is 0 Å². The maximum absolute atomic E-state index is 10.8. The molecule has 1 aromatic rings. The summed E-state index contributed by atoms with van der Waals surface area (Å²) in [5, 5.41) is 3.31. The van der Waals surface area contributed by atoms with Crippen LogP contribution in [0.1, 0.15) is 18.9 Å². The Bertz CT molecular complexity index is 444. The molecular weight excluding hydrogens is 348 g/mol. The van der Waals surface area contributed by atoms with E-state index in [4.69, 9.17) is 15.2 Å². The quantitative estimate of drug-likeness (QED) is 0.691. The Labute approximate surface area is 133 Å². The molecule has 0 unspecified atom stereocenters. The zero-order chi connectivity index (χ0) is 14.3. The third-order valence-electron chi connectivity index (χ3n) is 2.40. The third-order valence-corrected chi connectivity index (χ3v) is 2.99. The second-order valence-corrected chi connectivity index (χ2v) is 4.90. The zero-order valence-corrected chi connectivity index (χ0v) is 14.0. The van der Waals surface area contributed by atoms with Gasteiger partial charge in [0, 0.05) is 6.54 Å². The van der Waals surface area contributed by atoms with Crippen LogP contribution < -0.4 is 20.5 Å². The Hall–Kier alpha value is -0.980. The molecule has 1 amide bonds. The van der Waals surface area contributed by atoms with Crippen molar-refractivity contribution in [2.24, 2.45) is 5.73 Å². The van der Waals surface area contributed by atoms with Gasteiger partial charge in [-0.2, -0.15) is 0 Å².